The van der Waals surface area contributed by atoms with Crippen LogP contribution in [0.25, 0.3) is 11.0 Å². The van der Waals surface area contributed by atoms with Crippen LogP contribution < -0.4 is 10.2 Å². The van der Waals surface area contributed by atoms with E-state index in [-0.39, 0.29) is 12.5 Å². The summed E-state index contributed by atoms with van der Waals surface area (Å²) in [7, 11) is 2.15. The number of piperazine rings is 1. The van der Waals surface area contributed by atoms with Gasteiger partial charge in [-0.05, 0) is 49.9 Å². The first kappa shape index (κ1) is 17.5. The number of hydrogen-bond donors (Lipinski definition) is 1. The van der Waals surface area contributed by atoms with Crippen molar-refractivity contribution in [3.63, 3.8) is 0 Å². The van der Waals surface area contributed by atoms with Crippen LogP contribution in [0, 0.1) is 6.92 Å². The van der Waals surface area contributed by atoms with Crippen molar-refractivity contribution in [3.05, 3.63) is 48.0 Å². The Labute approximate surface area is 158 Å². The van der Waals surface area contributed by atoms with Gasteiger partial charge in [-0.25, -0.2) is 4.68 Å². The quantitative estimate of drug-likeness (QED) is 0.768. The summed E-state index contributed by atoms with van der Waals surface area (Å²) in [6.45, 7) is 6.44. The maximum Gasteiger partial charge on any atom is 0.246 e. The van der Waals surface area contributed by atoms with Crippen LogP contribution in [-0.4, -0.2) is 59.0 Å². The van der Waals surface area contributed by atoms with Crippen LogP contribution in [-0.2, 0) is 11.3 Å². The maximum atomic E-state index is 12.4. The lowest BCUT2D eigenvalue weighted by atomic mass is 10.1. The number of anilines is 2. The maximum absolute atomic E-state index is 12.4. The number of nitrogens with one attached hydrogen (secondary N) is 1. The molecule has 0 bridgehead atoms. The van der Waals surface area contributed by atoms with Crippen LogP contribution in [0.4, 0.5) is 11.4 Å². The molecule has 1 saturated heterocycles. The molecule has 2 heterocycles. The molecule has 1 aliphatic heterocycles. The highest BCUT2D eigenvalue weighted by Gasteiger charge is 2.16. The highest BCUT2D eigenvalue weighted by Crippen LogP contribution is 2.24. The number of carbonyl (C=O) groups excluding carboxylic acids is 1. The molecule has 3 aromatic rings. The van der Waals surface area contributed by atoms with Crippen molar-refractivity contribution in [2.75, 3.05) is 43.4 Å². The van der Waals surface area contributed by atoms with Gasteiger partial charge in [0, 0.05) is 37.6 Å². The summed E-state index contributed by atoms with van der Waals surface area (Å²) in [5.41, 5.74) is 4.86. The van der Waals surface area contributed by atoms with Crippen LogP contribution in [0.5, 0.6) is 0 Å². The normalized spacial score (nSPS) is 15.3. The van der Waals surface area contributed by atoms with Crippen molar-refractivity contribution in [2.45, 2.75) is 13.5 Å². The first-order valence-corrected chi connectivity index (χ1v) is 9.22. The van der Waals surface area contributed by atoms with Crippen molar-refractivity contribution < 1.29 is 4.79 Å². The monoisotopic (exact) mass is 364 g/mol. The number of para-hydroxylation sites is 1. The Kier molecular flexibility index (Phi) is 4.77. The molecule has 1 aromatic heterocycles. The van der Waals surface area contributed by atoms with E-state index in [1.807, 2.05) is 36.4 Å². The fourth-order valence-electron chi connectivity index (χ4n) is 3.51. The predicted octanol–water partition coefficient (Wildman–Crippen LogP) is 2.13. The van der Waals surface area contributed by atoms with Gasteiger partial charge >= 0.3 is 0 Å². The minimum absolute atomic E-state index is 0.114. The van der Waals surface area contributed by atoms with E-state index in [4.69, 9.17) is 0 Å². The Bertz CT molecular complexity index is 958. The summed E-state index contributed by atoms with van der Waals surface area (Å²) in [5, 5.41) is 11.1. The number of nitrogens with zero attached hydrogens (tertiary/aromatic N) is 5. The molecule has 1 amide bonds. The van der Waals surface area contributed by atoms with Crippen LogP contribution in [0.1, 0.15) is 5.56 Å². The summed E-state index contributed by atoms with van der Waals surface area (Å²) >= 11 is 0. The largest absolute Gasteiger partial charge is 0.369 e. The summed E-state index contributed by atoms with van der Waals surface area (Å²) < 4.78 is 1.62. The average Bonchev–Trinajstić information content (AvgIpc) is 3.06. The van der Waals surface area contributed by atoms with Gasteiger partial charge in [0.05, 0.1) is 5.52 Å². The zero-order valence-corrected chi connectivity index (χ0v) is 15.7. The second-order valence-electron chi connectivity index (χ2n) is 7.08. The smallest absolute Gasteiger partial charge is 0.246 e. The van der Waals surface area contributed by atoms with Crippen molar-refractivity contribution in [1.82, 2.24) is 19.9 Å². The molecular formula is C20H24N6O. The number of likely N-dealkylation sites (N-methyl/N-ethyl adjacent to an activating group) is 1. The number of aryl methyl sites for hydroxylation is 1. The van der Waals surface area contributed by atoms with Crippen molar-refractivity contribution >= 4 is 28.3 Å². The molecule has 0 radical (unpaired) electrons. The second kappa shape index (κ2) is 7.36. The van der Waals surface area contributed by atoms with Gasteiger partial charge in [-0.2, -0.15) is 0 Å². The first-order valence-electron chi connectivity index (χ1n) is 9.22. The van der Waals surface area contributed by atoms with Gasteiger partial charge in [-0.3, -0.25) is 4.79 Å². The number of aromatic nitrogens is 3. The van der Waals surface area contributed by atoms with Crippen LogP contribution >= 0.6 is 0 Å². The third kappa shape index (κ3) is 3.78. The molecule has 1 N–H and O–H groups in total. The topological polar surface area (TPSA) is 66.3 Å². The minimum Gasteiger partial charge on any atom is -0.369 e. The fourth-order valence-corrected chi connectivity index (χ4v) is 3.51. The van der Waals surface area contributed by atoms with Crippen molar-refractivity contribution in [1.29, 1.82) is 0 Å². The Hall–Kier alpha value is -2.93. The number of benzene rings is 2. The number of amides is 1. The van der Waals surface area contributed by atoms with E-state index < -0.39 is 0 Å². The van der Waals surface area contributed by atoms with Gasteiger partial charge in [0.15, 0.2) is 0 Å². The summed E-state index contributed by atoms with van der Waals surface area (Å²) in [6.07, 6.45) is 0. The summed E-state index contributed by atoms with van der Waals surface area (Å²) in [6, 6.07) is 13.7. The van der Waals surface area contributed by atoms with Gasteiger partial charge in [-0.1, -0.05) is 17.3 Å². The van der Waals surface area contributed by atoms with Gasteiger partial charge in [0.25, 0.3) is 0 Å². The van der Waals surface area contributed by atoms with Gasteiger partial charge in [0.1, 0.15) is 12.1 Å². The molecular weight excluding hydrogens is 340 g/mol. The number of rotatable bonds is 4. The Morgan fingerprint density at radius 3 is 2.67 bits per heavy atom. The molecule has 0 saturated carbocycles. The zero-order valence-electron chi connectivity index (χ0n) is 15.7. The lowest BCUT2D eigenvalue weighted by Crippen LogP contribution is -2.44. The number of carbonyl (C=O) groups is 1. The molecule has 7 nitrogen and oxygen atoms in total. The molecule has 1 fully saturated rings. The fraction of sp³-hybridized carbons (Fsp3) is 0.350. The summed E-state index contributed by atoms with van der Waals surface area (Å²) in [4.78, 5) is 17.2. The average molecular weight is 364 g/mol. The van der Waals surface area contributed by atoms with E-state index in [0.29, 0.717) is 0 Å². The summed E-state index contributed by atoms with van der Waals surface area (Å²) in [5.74, 6) is -0.114. The molecule has 4 rings (SSSR count). The third-order valence-electron chi connectivity index (χ3n) is 5.04. The Balaban J connectivity index is 1.43. The predicted molar refractivity (Wildman–Crippen MR) is 107 cm³/mol. The lowest BCUT2D eigenvalue weighted by Gasteiger charge is -2.35. The van der Waals surface area contributed by atoms with E-state index in [9.17, 15) is 4.79 Å². The molecule has 7 heteroatoms. The molecule has 140 valence electrons. The molecule has 0 aliphatic carbocycles. The van der Waals surface area contributed by atoms with Gasteiger partial charge < -0.3 is 15.1 Å². The Morgan fingerprint density at radius 1 is 1.11 bits per heavy atom. The van der Waals surface area contributed by atoms with Crippen molar-refractivity contribution in [3.8, 4) is 0 Å². The van der Waals surface area contributed by atoms with E-state index >= 15 is 0 Å². The van der Waals surface area contributed by atoms with Crippen LogP contribution in [0.2, 0.25) is 0 Å². The van der Waals surface area contributed by atoms with Gasteiger partial charge in [0.2, 0.25) is 5.91 Å². The Morgan fingerprint density at radius 2 is 1.89 bits per heavy atom. The molecule has 0 unspecified atom stereocenters. The van der Waals surface area contributed by atoms with E-state index in [1.165, 1.54) is 11.3 Å². The van der Waals surface area contributed by atoms with Crippen LogP contribution in [0.3, 0.4) is 0 Å². The molecule has 0 spiro atoms. The van der Waals surface area contributed by atoms with Crippen molar-refractivity contribution in [2.24, 2.45) is 0 Å². The zero-order chi connectivity index (χ0) is 18.8. The molecule has 1 aliphatic rings. The van der Waals surface area contributed by atoms with E-state index in [2.05, 4.69) is 45.5 Å². The highest BCUT2D eigenvalue weighted by molar-refractivity contribution is 5.91. The minimum atomic E-state index is -0.114. The van der Waals surface area contributed by atoms with E-state index in [0.717, 1.165) is 42.9 Å². The second-order valence-corrected chi connectivity index (χ2v) is 7.08. The van der Waals surface area contributed by atoms with Crippen LogP contribution in [0.15, 0.2) is 42.5 Å². The standard InChI is InChI=1S/C20H24N6O/c1-15-13-16(7-8-18(15)25-11-9-24(2)10-12-25)21-20(27)14-26-19-6-4-3-5-17(19)22-23-26/h3-8,13H,9-12,14H2,1-2H3,(H,21,27). The first-order chi connectivity index (χ1) is 13.1. The van der Waals surface area contributed by atoms with E-state index in [1.54, 1.807) is 4.68 Å². The molecule has 2 aromatic carbocycles. The third-order valence-corrected chi connectivity index (χ3v) is 5.04. The molecule has 27 heavy (non-hydrogen) atoms. The van der Waals surface area contributed by atoms with Gasteiger partial charge in [-0.15, -0.1) is 5.10 Å². The SMILES string of the molecule is Cc1cc(NC(=O)Cn2nnc3ccccc32)ccc1N1CCN(C)CC1. The highest BCUT2D eigenvalue weighted by atomic mass is 16.2. The number of fused-ring (bicyclic) bond motifs is 1. The molecule has 0 atom stereocenters. The lowest BCUT2D eigenvalue weighted by molar-refractivity contribution is -0.116. The number of hydrogen-bond acceptors (Lipinski definition) is 5.